The van der Waals surface area contributed by atoms with Crippen molar-refractivity contribution in [1.29, 1.82) is 5.26 Å². The number of aromatic nitrogens is 2. The molecule has 9 rings (SSSR count). The Kier molecular flexibility index (Phi) is 5.94. The maximum atomic E-state index is 11.0. The summed E-state index contributed by atoms with van der Waals surface area (Å²) in [6, 6.07) is 44.2. The Bertz CT molecular complexity index is 2540. The lowest BCUT2D eigenvalue weighted by atomic mass is 9.90. The van der Waals surface area contributed by atoms with E-state index in [1.54, 1.807) is 22.7 Å². The molecule has 46 heavy (non-hydrogen) atoms. The second kappa shape index (κ2) is 10.3. The molecule has 6 heteroatoms. The van der Waals surface area contributed by atoms with Gasteiger partial charge in [-0.2, -0.15) is 5.26 Å². The van der Waals surface area contributed by atoms with Crippen LogP contribution in [-0.2, 0) is 0 Å². The van der Waals surface area contributed by atoms with E-state index in [-0.39, 0.29) is 0 Å². The fourth-order valence-corrected chi connectivity index (χ4v) is 8.46. The van der Waals surface area contributed by atoms with Gasteiger partial charge >= 0.3 is 0 Å². The molecule has 0 aliphatic heterocycles. The quantitative estimate of drug-likeness (QED) is 0.180. The van der Waals surface area contributed by atoms with Crippen molar-refractivity contribution in [3.8, 4) is 38.3 Å². The number of hydrogen-bond donors (Lipinski definition) is 0. The van der Waals surface area contributed by atoms with Gasteiger partial charge in [0.2, 0.25) is 0 Å². The first kappa shape index (κ1) is 26.5. The lowest BCUT2D eigenvalue weighted by Crippen LogP contribution is -1.97. The summed E-state index contributed by atoms with van der Waals surface area (Å²) in [6.45, 7) is 8.14. The van der Waals surface area contributed by atoms with Gasteiger partial charge in [-0.25, -0.2) is 4.85 Å². The van der Waals surface area contributed by atoms with E-state index in [1.807, 2.05) is 12.1 Å². The minimum atomic E-state index is 0.496. The third-order valence-electron chi connectivity index (χ3n) is 8.79. The fourth-order valence-electron chi connectivity index (χ4n) is 6.96. The van der Waals surface area contributed by atoms with E-state index in [2.05, 4.69) is 140 Å². The molecule has 9 aromatic rings. The molecule has 214 valence electrons. The first-order valence-electron chi connectivity index (χ1n) is 14.9. The zero-order valence-electron chi connectivity index (χ0n) is 24.3. The molecular formula is C40H22N4S2. The van der Waals surface area contributed by atoms with Crippen molar-refractivity contribution >= 4 is 72.0 Å². The van der Waals surface area contributed by atoms with Gasteiger partial charge < -0.3 is 9.13 Å². The predicted octanol–water partition coefficient (Wildman–Crippen LogP) is 11.8. The Morgan fingerprint density at radius 1 is 0.543 bits per heavy atom. The zero-order valence-corrected chi connectivity index (χ0v) is 25.9. The maximum Gasteiger partial charge on any atom is 0.188 e. The van der Waals surface area contributed by atoms with Crippen molar-refractivity contribution in [3.63, 3.8) is 0 Å². The highest BCUT2D eigenvalue weighted by Crippen LogP contribution is 2.45. The average Bonchev–Trinajstić information content (AvgIpc) is 3.93. The van der Waals surface area contributed by atoms with Crippen LogP contribution in [0.5, 0.6) is 0 Å². The number of para-hydroxylation sites is 4. The van der Waals surface area contributed by atoms with Crippen molar-refractivity contribution in [2.75, 3.05) is 0 Å². The number of fused-ring (bicyclic) bond motifs is 6. The molecule has 4 nitrogen and oxygen atoms in total. The Morgan fingerprint density at radius 3 is 1.46 bits per heavy atom. The molecule has 4 aromatic heterocycles. The number of thiophene rings is 2. The SMILES string of the molecule is [C-]#[N+]c1cc(-c2cccc3c4ccccc4n(-c4cccs4)c23)c(C#N)c(-c2cccc3c4ccccc4n(-c4cccs4)c23)c1. The number of nitrogens with zero attached hydrogens (tertiary/aromatic N) is 4. The van der Waals surface area contributed by atoms with E-state index < -0.39 is 0 Å². The van der Waals surface area contributed by atoms with Crippen LogP contribution in [0.1, 0.15) is 5.56 Å². The van der Waals surface area contributed by atoms with Crippen LogP contribution < -0.4 is 0 Å². The van der Waals surface area contributed by atoms with Crippen molar-refractivity contribution < 1.29 is 0 Å². The van der Waals surface area contributed by atoms with Gasteiger partial charge in [-0.15, -0.1) is 22.7 Å². The Morgan fingerprint density at radius 2 is 1.02 bits per heavy atom. The summed E-state index contributed by atoms with van der Waals surface area (Å²) in [5.41, 5.74) is 8.70. The summed E-state index contributed by atoms with van der Waals surface area (Å²) in [6.07, 6.45) is 0. The molecule has 0 spiro atoms. The molecule has 0 unspecified atom stereocenters. The lowest BCUT2D eigenvalue weighted by molar-refractivity contribution is 1.22. The highest BCUT2D eigenvalue weighted by atomic mass is 32.1. The maximum absolute atomic E-state index is 11.0. The number of benzene rings is 5. The lowest BCUT2D eigenvalue weighted by Gasteiger charge is -2.16. The minimum Gasteiger partial charge on any atom is -0.300 e. The van der Waals surface area contributed by atoms with Crippen molar-refractivity contribution in [1.82, 2.24) is 9.13 Å². The molecule has 0 amide bonds. The smallest absolute Gasteiger partial charge is 0.188 e. The summed E-state index contributed by atoms with van der Waals surface area (Å²) in [7, 11) is 0. The van der Waals surface area contributed by atoms with E-state index in [0.717, 1.165) is 75.9 Å². The monoisotopic (exact) mass is 622 g/mol. The van der Waals surface area contributed by atoms with E-state index in [9.17, 15) is 5.26 Å². The number of nitriles is 1. The number of rotatable bonds is 4. The molecular weight excluding hydrogens is 601 g/mol. The van der Waals surface area contributed by atoms with Crippen LogP contribution in [0.25, 0.3) is 80.7 Å². The number of hydrogen-bond acceptors (Lipinski definition) is 3. The van der Waals surface area contributed by atoms with Gasteiger partial charge in [-0.3, -0.25) is 0 Å². The van der Waals surface area contributed by atoms with Crippen molar-refractivity contribution in [2.45, 2.75) is 0 Å². The second-order valence-corrected chi connectivity index (χ2v) is 13.0. The normalized spacial score (nSPS) is 11.4. The zero-order chi connectivity index (χ0) is 30.8. The van der Waals surface area contributed by atoms with Crippen LogP contribution in [0.3, 0.4) is 0 Å². The summed E-state index contributed by atoms with van der Waals surface area (Å²) in [5, 5.41) is 21.9. The van der Waals surface area contributed by atoms with Gasteiger partial charge in [0.25, 0.3) is 0 Å². The Labute approximate surface area is 272 Å². The van der Waals surface area contributed by atoms with Crippen LogP contribution in [0.4, 0.5) is 5.69 Å². The molecule has 0 aliphatic rings. The predicted molar refractivity (Wildman–Crippen MR) is 193 cm³/mol. The van der Waals surface area contributed by atoms with E-state index >= 15 is 0 Å². The first-order valence-corrected chi connectivity index (χ1v) is 16.6. The largest absolute Gasteiger partial charge is 0.300 e. The third kappa shape index (κ3) is 3.76. The van der Waals surface area contributed by atoms with Crippen molar-refractivity contribution in [2.24, 2.45) is 0 Å². The summed E-state index contributed by atoms with van der Waals surface area (Å²) < 4.78 is 4.59. The van der Waals surface area contributed by atoms with E-state index in [1.165, 1.54) is 0 Å². The minimum absolute atomic E-state index is 0.496. The Balaban J connectivity index is 1.42. The standard InChI is InChI=1S/C40H22N4S2/c1-42-25-22-32(30-14-6-12-28-26-10-2-4-16-35(26)43(39(28)30)37-18-8-20-45-37)34(24-41)33(23-25)31-15-7-13-29-27-11-3-5-17-36(27)44(40(29)31)38-19-9-21-46-38/h2-23H. The highest BCUT2D eigenvalue weighted by molar-refractivity contribution is 7.12. The van der Waals surface area contributed by atoms with Crippen LogP contribution in [0, 0.1) is 17.9 Å². The summed E-state index contributed by atoms with van der Waals surface area (Å²) in [4.78, 5) is 3.94. The summed E-state index contributed by atoms with van der Waals surface area (Å²) >= 11 is 3.37. The molecule has 0 aliphatic carbocycles. The summed E-state index contributed by atoms with van der Waals surface area (Å²) in [5.74, 6) is 0. The second-order valence-electron chi connectivity index (χ2n) is 11.2. The van der Waals surface area contributed by atoms with Gasteiger partial charge in [-0.1, -0.05) is 72.8 Å². The van der Waals surface area contributed by atoms with Crippen LogP contribution in [-0.4, -0.2) is 9.13 Å². The molecule has 0 bridgehead atoms. The van der Waals surface area contributed by atoms with Gasteiger partial charge in [-0.05, 0) is 70.4 Å². The van der Waals surface area contributed by atoms with E-state index in [0.29, 0.717) is 11.3 Å². The van der Waals surface area contributed by atoms with Crippen LogP contribution in [0.15, 0.2) is 132 Å². The molecule has 0 N–H and O–H groups in total. The molecule has 0 fully saturated rings. The molecule has 0 radical (unpaired) electrons. The van der Waals surface area contributed by atoms with Gasteiger partial charge in [0.15, 0.2) is 5.69 Å². The van der Waals surface area contributed by atoms with Gasteiger partial charge in [0, 0.05) is 32.7 Å². The topological polar surface area (TPSA) is 38.0 Å². The van der Waals surface area contributed by atoms with Gasteiger partial charge in [0.1, 0.15) is 6.07 Å². The molecule has 5 aromatic carbocycles. The molecule has 0 saturated heterocycles. The van der Waals surface area contributed by atoms with E-state index in [4.69, 9.17) is 6.57 Å². The fraction of sp³-hybridized carbons (Fsp3) is 0. The van der Waals surface area contributed by atoms with Gasteiger partial charge in [0.05, 0.1) is 44.2 Å². The van der Waals surface area contributed by atoms with Crippen LogP contribution >= 0.6 is 22.7 Å². The first-order chi connectivity index (χ1) is 22.8. The third-order valence-corrected chi connectivity index (χ3v) is 10.5. The average molecular weight is 623 g/mol. The van der Waals surface area contributed by atoms with Crippen molar-refractivity contribution in [3.05, 3.63) is 149 Å². The molecule has 4 heterocycles. The Hall–Kier alpha value is -5.92. The highest BCUT2D eigenvalue weighted by Gasteiger charge is 2.23. The molecule has 0 atom stereocenters. The molecule has 0 saturated carbocycles. The van der Waals surface area contributed by atoms with Crippen LogP contribution in [0.2, 0.25) is 0 Å².